The van der Waals surface area contributed by atoms with E-state index in [1.165, 1.54) is 13.1 Å². The number of hydrogen-bond donors (Lipinski definition) is 2. The first kappa shape index (κ1) is 17.2. The van der Waals surface area contributed by atoms with Crippen molar-refractivity contribution in [1.29, 1.82) is 0 Å². The third kappa shape index (κ3) is 4.05. The summed E-state index contributed by atoms with van der Waals surface area (Å²) in [5.41, 5.74) is 3.24. The number of nitrogens with one attached hydrogen (secondary N) is 1. The van der Waals surface area contributed by atoms with Crippen LogP contribution in [0.1, 0.15) is 22.8 Å². The summed E-state index contributed by atoms with van der Waals surface area (Å²) in [6.07, 6.45) is 1.45. The van der Waals surface area contributed by atoms with Gasteiger partial charge in [0.25, 0.3) is 5.91 Å². The van der Waals surface area contributed by atoms with Crippen LogP contribution in [0, 0.1) is 0 Å². The Morgan fingerprint density at radius 2 is 1.69 bits per heavy atom. The lowest BCUT2D eigenvalue weighted by Gasteiger charge is -2.05. The van der Waals surface area contributed by atoms with E-state index in [9.17, 15) is 14.7 Å². The molecule has 3 aromatic rings. The molecule has 0 saturated heterocycles. The number of esters is 1. The first-order chi connectivity index (χ1) is 12.5. The minimum Gasteiger partial charge on any atom is -0.507 e. The highest BCUT2D eigenvalue weighted by Crippen LogP contribution is 2.24. The van der Waals surface area contributed by atoms with E-state index in [1.54, 1.807) is 36.4 Å². The molecule has 0 radical (unpaired) electrons. The highest BCUT2D eigenvalue weighted by atomic mass is 16.5. The van der Waals surface area contributed by atoms with Crippen LogP contribution in [0.2, 0.25) is 0 Å². The van der Waals surface area contributed by atoms with Gasteiger partial charge < -0.3 is 9.84 Å². The Hall–Kier alpha value is -3.67. The van der Waals surface area contributed by atoms with Crippen LogP contribution in [0.3, 0.4) is 0 Å². The van der Waals surface area contributed by atoms with Gasteiger partial charge in [0.2, 0.25) is 0 Å². The Balaban J connectivity index is 1.69. The van der Waals surface area contributed by atoms with Crippen LogP contribution < -0.4 is 10.2 Å². The van der Waals surface area contributed by atoms with Crippen molar-refractivity contribution in [2.45, 2.75) is 6.92 Å². The number of rotatable bonds is 4. The summed E-state index contributed by atoms with van der Waals surface area (Å²) in [5.74, 6) is -0.586. The van der Waals surface area contributed by atoms with Gasteiger partial charge in [-0.2, -0.15) is 5.10 Å². The van der Waals surface area contributed by atoms with Crippen LogP contribution in [0.25, 0.3) is 10.8 Å². The first-order valence-corrected chi connectivity index (χ1v) is 7.86. The van der Waals surface area contributed by atoms with Gasteiger partial charge in [0, 0.05) is 6.92 Å². The lowest BCUT2D eigenvalue weighted by molar-refractivity contribution is -0.131. The predicted molar refractivity (Wildman–Crippen MR) is 98.4 cm³/mol. The van der Waals surface area contributed by atoms with Gasteiger partial charge in [-0.05, 0) is 52.7 Å². The fraction of sp³-hybridized carbons (Fsp3) is 0.0500. The molecule has 0 aromatic heterocycles. The van der Waals surface area contributed by atoms with Gasteiger partial charge in [-0.25, -0.2) is 5.43 Å². The normalized spacial score (nSPS) is 10.8. The molecular weight excluding hydrogens is 332 g/mol. The number of hydrogen-bond acceptors (Lipinski definition) is 5. The monoisotopic (exact) mass is 348 g/mol. The van der Waals surface area contributed by atoms with E-state index in [0.717, 1.165) is 10.8 Å². The number of hydrazone groups is 1. The molecule has 3 aromatic carbocycles. The summed E-state index contributed by atoms with van der Waals surface area (Å²) in [7, 11) is 0. The number of fused-ring (bicyclic) bond motifs is 1. The molecular formula is C20H16N2O4. The second-order valence-corrected chi connectivity index (χ2v) is 5.58. The zero-order chi connectivity index (χ0) is 18.5. The Morgan fingerprint density at radius 3 is 2.35 bits per heavy atom. The standard InChI is InChI=1S/C20H16N2O4/c1-13(23)26-17-8-6-14(7-9-17)12-21-22-20(25)18-10-15-4-2-3-5-16(15)11-19(18)24/h2-12,24H,1H3,(H,22,25)/b21-12-. The minimum absolute atomic E-state index is 0.109. The second kappa shape index (κ2) is 7.48. The van der Waals surface area contributed by atoms with Crippen molar-refractivity contribution in [3.05, 3.63) is 71.8 Å². The van der Waals surface area contributed by atoms with Gasteiger partial charge >= 0.3 is 5.97 Å². The third-order valence-corrected chi connectivity index (χ3v) is 3.63. The van der Waals surface area contributed by atoms with E-state index in [0.29, 0.717) is 11.3 Å². The Kier molecular flexibility index (Phi) is 4.94. The fourth-order valence-corrected chi connectivity index (χ4v) is 2.42. The number of carbonyl (C=O) groups excluding carboxylic acids is 2. The number of aromatic hydroxyl groups is 1. The SMILES string of the molecule is CC(=O)Oc1ccc(/C=N\NC(=O)c2cc3ccccc3cc2O)cc1. The second-order valence-electron chi connectivity index (χ2n) is 5.58. The lowest BCUT2D eigenvalue weighted by Crippen LogP contribution is -2.17. The highest BCUT2D eigenvalue weighted by Gasteiger charge is 2.11. The van der Waals surface area contributed by atoms with Gasteiger partial charge in [0.15, 0.2) is 0 Å². The molecule has 0 fully saturated rings. The zero-order valence-electron chi connectivity index (χ0n) is 14.0. The quantitative estimate of drug-likeness (QED) is 0.328. The summed E-state index contributed by atoms with van der Waals surface area (Å²) >= 11 is 0. The smallest absolute Gasteiger partial charge is 0.308 e. The number of benzene rings is 3. The van der Waals surface area contributed by atoms with Crippen LogP contribution in [-0.4, -0.2) is 23.2 Å². The average molecular weight is 348 g/mol. The molecule has 3 rings (SSSR count). The van der Waals surface area contributed by atoms with Crippen LogP contribution in [0.5, 0.6) is 11.5 Å². The van der Waals surface area contributed by atoms with Gasteiger partial charge in [-0.3, -0.25) is 9.59 Å². The van der Waals surface area contributed by atoms with Gasteiger partial charge in [0.1, 0.15) is 11.5 Å². The molecule has 0 spiro atoms. The number of carbonyl (C=O) groups is 2. The van der Waals surface area contributed by atoms with E-state index in [4.69, 9.17) is 4.74 Å². The average Bonchev–Trinajstić information content (AvgIpc) is 2.62. The molecule has 1 amide bonds. The fourth-order valence-electron chi connectivity index (χ4n) is 2.42. The molecule has 0 aliphatic rings. The van der Waals surface area contributed by atoms with Crippen LogP contribution >= 0.6 is 0 Å². The molecule has 2 N–H and O–H groups in total. The van der Waals surface area contributed by atoms with Crippen LogP contribution in [-0.2, 0) is 4.79 Å². The molecule has 0 atom stereocenters. The molecule has 0 heterocycles. The molecule has 130 valence electrons. The van der Waals surface area contributed by atoms with Crippen molar-refractivity contribution in [2.24, 2.45) is 5.10 Å². The molecule has 0 saturated carbocycles. The number of amides is 1. The van der Waals surface area contributed by atoms with Crippen molar-refractivity contribution in [1.82, 2.24) is 5.43 Å². The Labute approximate surface area is 149 Å². The van der Waals surface area contributed by atoms with Gasteiger partial charge in [0.05, 0.1) is 11.8 Å². The zero-order valence-corrected chi connectivity index (χ0v) is 14.0. The molecule has 6 nitrogen and oxygen atoms in total. The molecule has 0 bridgehead atoms. The van der Waals surface area contributed by atoms with Crippen molar-refractivity contribution >= 4 is 28.9 Å². The summed E-state index contributed by atoms with van der Waals surface area (Å²) in [4.78, 5) is 23.1. The van der Waals surface area contributed by atoms with Gasteiger partial charge in [-0.1, -0.05) is 24.3 Å². The van der Waals surface area contributed by atoms with Crippen molar-refractivity contribution < 1.29 is 19.4 Å². The van der Waals surface area contributed by atoms with Crippen molar-refractivity contribution in [3.63, 3.8) is 0 Å². The van der Waals surface area contributed by atoms with E-state index in [1.807, 2.05) is 24.3 Å². The maximum absolute atomic E-state index is 12.2. The lowest BCUT2D eigenvalue weighted by atomic mass is 10.1. The van der Waals surface area contributed by atoms with E-state index < -0.39 is 11.9 Å². The maximum Gasteiger partial charge on any atom is 0.308 e. The van der Waals surface area contributed by atoms with Crippen molar-refractivity contribution in [3.8, 4) is 11.5 Å². The molecule has 0 aliphatic heterocycles. The largest absolute Gasteiger partial charge is 0.507 e. The number of ether oxygens (including phenoxy) is 1. The maximum atomic E-state index is 12.2. The van der Waals surface area contributed by atoms with Gasteiger partial charge in [-0.15, -0.1) is 0 Å². The first-order valence-electron chi connectivity index (χ1n) is 7.86. The molecule has 6 heteroatoms. The number of phenolic OH excluding ortho intramolecular Hbond substituents is 1. The Morgan fingerprint density at radius 1 is 1.04 bits per heavy atom. The summed E-state index contributed by atoms with van der Waals surface area (Å²) < 4.78 is 4.94. The van der Waals surface area contributed by atoms with Crippen LogP contribution in [0.15, 0.2) is 65.8 Å². The molecule has 0 aliphatic carbocycles. The molecule has 26 heavy (non-hydrogen) atoms. The summed E-state index contributed by atoms with van der Waals surface area (Å²) in [5, 5.41) is 15.6. The highest BCUT2D eigenvalue weighted by molar-refractivity contribution is 6.01. The topological polar surface area (TPSA) is 88.0 Å². The minimum atomic E-state index is -0.513. The predicted octanol–water partition coefficient (Wildman–Crippen LogP) is 3.23. The summed E-state index contributed by atoms with van der Waals surface area (Å²) in [6.45, 7) is 1.33. The number of phenols is 1. The van der Waals surface area contributed by atoms with Crippen LogP contribution in [0.4, 0.5) is 0 Å². The van der Waals surface area contributed by atoms with E-state index in [-0.39, 0.29) is 11.3 Å². The summed E-state index contributed by atoms with van der Waals surface area (Å²) in [6, 6.07) is 17.2. The molecule has 0 unspecified atom stereocenters. The van der Waals surface area contributed by atoms with E-state index in [2.05, 4.69) is 10.5 Å². The third-order valence-electron chi connectivity index (χ3n) is 3.63. The van der Waals surface area contributed by atoms with Crippen molar-refractivity contribution in [2.75, 3.05) is 0 Å². The Bertz CT molecular complexity index is 994. The van der Waals surface area contributed by atoms with E-state index >= 15 is 0 Å². The number of nitrogens with zero attached hydrogens (tertiary/aromatic N) is 1.